The first-order valence-electron chi connectivity index (χ1n) is 9.55. The number of ether oxygens (including phenoxy) is 4. The van der Waals surface area contributed by atoms with E-state index in [0.29, 0.717) is 29.4 Å². The van der Waals surface area contributed by atoms with Crippen LogP contribution in [0.1, 0.15) is 36.6 Å². The molecule has 1 fully saturated rings. The van der Waals surface area contributed by atoms with Crippen molar-refractivity contribution in [2.24, 2.45) is 11.1 Å². The van der Waals surface area contributed by atoms with E-state index in [-0.39, 0.29) is 18.0 Å². The van der Waals surface area contributed by atoms with Crippen LogP contribution in [0.4, 0.5) is 0 Å². The van der Waals surface area contributed by atoms with Crippen molar-refractivity contribution in [1.29, 1.82) is 0 Å². The molecule has 7 nitrogen and oxygen atoms in total. The van der Waals surface area contributed by atoms with E-state index in [1.165, 1.54) is 0 Å². The van der Waals surface area contributed by atoms with Gasteiger partial charge in [-0.05, 0) is 36.4 Å². The third-order valence-corrected chi connectivity index (χ3v) is 5.69. The number of hydrogen-bond donors (Lipinski definition) is 2. The molecule has 156 valence electrons. The molecule has 0 aliphatic carbocycles. The molecule has 0 saturated carbocycles. The zero-order valence-electron chi connectivity index (χ0n) is 17.5. The maximum absolute atomic E-state index is 9.64. The zero-order valence-corrected chi connectivity index (χ0v) is 17.5. The van der Waals surface area contributed by atoms with Crippen molar-refractivity contribution in [2.45, 2.75) is 25.4 Å². The van der Waals surface area contributed by atoms with Crippen LogP contribution in [0.3, 0.4) is 0 Å². The van der Waals surface area contributed by atoms with E-state index in [1.54, 1.807) is 28.4 Å². The van der Waals surface area contributed by atoms with Crippen molar-refractivity contribution in [2.75, 3.05) is 28.4 Å². The van der Waals surface area contributed by atoms with Crippen molar-refractivity contribution >= 4 is 5.71 Å². The standard InChI is InChI=1S/C22H28N2O5/c1-13-16(24-25)12-17(14-6-8-18(26-2)20(10-14)28-4)23-22(13)15-7-9-19(27-3)21(11-15)29-5/h6-11,13,17,22-23,25H,12H2,1-5H3/p+1/b24-16+/t13-,17+,22+/m1/s1. The molecule has 0 amide bonds. The summed E-state index contributed by atoms with van der Waals surface area (Å²) in [4.78, 5) is 0. The van der Waals surface area contributed by atoms with Gasteiger partial charge in [0.25, 0.3) is 0 Å². The molecule has 7 heteroatoms. The van der Waals surface area contributed by atoms with Gasteiger partial charge >= 0.3 is 0 Å². The minimum absolute atomic E-state index is 0.0625. The highest BCUT2D eigenvalue weighted by Crippen LogP contribution is 2.36. The fourth-order valence-corrected chi connectivity index (χ4v) is 4.01. The van der Waals surface area contributed by atoms with Crippen LogP contribution in [0.5, 0.6) is 23.0 Å². The molecule has 1 aliphatic rings. The minimum atomic E-state index is 0.0625. The first-order chi connectivity index (χ1) is 14.1. The summed E-state index contributed by atoms with van der Waals surface area (Å²) in [6, 6.07) is 12.0. The lowest BCUT2D eigenvalue weighted by atomic mass is 9.81. The van der Waals surface area contributed by atoms with Crippen LogP contribution in [0.15, 0.2) is 41.6 Å². The van der Waals surface area contributed by atoms with Gasteiger partial charge in [-0.3, -0.25) is 0 Å². The number of oxime groups is 1. The molecule has 1 heterocycles. The Labute approximate surface area is 171 Å². The van der Waals surface area contributed by atoms with Gasteiger partial charge in [-0.2, -0.15) is 0 Å². The predicted molar refractivity (Wildman–Crippen MR) is 110 cm³/mol. The van der Waals surface area contributed by atoms with Crippen molar-refractivity contribution in [3.63, 3.8) is 0 Å². The molecular formula is C22H29N2O5+. The number of nitrogens with zero attached hydrogens (tertiary/aromatic N) is 1. The summed E-state index contributed by atoms with van der Waals surface area (Å²) in [5, 5.41) is 15.6. The predicted octanol–water partition coefficient (Wildman–Crippen LogP) is 2.94. The van der Waals surface area contributed by atoms with Gasteiger partial charge in [0.1, 0.15) is 12.1 Å². The minimum Gasteiger partial charge on any atom is -0.493 e. The molecule has 1 aliphatic heterocycles. The molecule has 3 N–H and O–H groups in total. The smallest absolute Gasteiger partial charge is 0.161 e. The van der Waals surface area contributed by atoms with Crippen LogP contribution in [-0.4, -0.2) is 39.4 Å². The maximum Gasteiger partial charge on any atom is 0.161 e. The Bertz CT molecular complexity index is 884. The topological polar surface area (TPSA) is 86.1 Å². The lowest BCUT2D eigenvalue weighted by molar-refractivity contribution is -0.741. The van der Waals surface area contributed by atoms with Crippen LogP contribution in [0, 0.1) is 5.92 Å². The van der Waals surface area contributed by atoms with Crippen molar-refractivity contribution in [1.82, 2.24) is 0 Å². The Kier molecular flexibility index (Phi) is 6.49. The number of methoxy groups -OCH3 is 4. The molecule has 2 aromatic rings. The van der Waals surface area contributed by atoms with Crippen LogP contribution < -0.4 is 24.3 Å². The molecule has 0 unspecified atom stereocenters. The van der Waals surface area contributed by atoms with Gasteiger partial charge in [0.15, 0.2) is 23.0 Å². The molecule has 29 heavy (non-hydrogen) atoms. The number of piperidine rings is 1. The lowest BCUT2D eigenvalue weighted by Crippen LogP contribution is -2.90. The zero-order chi connectivity index (χ0) is 21.0. The molecular weight excluding hydrogens is 372 g/mol. The SMILES string of the molecule is COc1ccc([C@@H]2C/C(=N\O)[C@@H](C)[C@@H](c3ccc(OC)c(OC)c3)[NH2+]2)cc1OC. The fourth-order valence-electron chi connectivity index (χ4n) is 4.01. The Hall–Kier alpha value is -2.93. The third kappa shape index (κ3) is 4.10. The largest absolute Gasteiger partial charge is 0.493 e. The molecule has 3 rings (SSSR count). The molecule has 3 atom stereocenters. The average molecular weight is 401 g/mol. The maximum atomic E-state index is 9.64. The molecule has 1 saturated heterocycles. The van der Waals surface area contributed by atoms with Gasteiger partial charge in [-0.15, -0.1) is 0 Å². The van der Waals surface area contributed by atoms with Crippen molar-refractivity contribution < 1.29 is 29.5 Å². The number of rotatable bonds is 6. The number of benzene rings is 2. The highest BCUT2D eigenvalue weighted by Gasteiger charge is 2.38. The first-order valence-corrected chi connectivity index (χ1v) is 9.55. The average Bonchev–Trinajstić information content (AvgIpc) is 2.78. The summed E-state index contributed by atoms with van der Waals surface area (Å²) in [5.41, 5.74) is 2.94. The highest BCUT2D eigenvalue weighted by atomic mass is 16.5. The second-order valence-electron chi connectivity index (χ2n) is 7.14. The summed E-state index contributed by atoms with van der Waals surface area (Å²) in [6.07, 6.45) is 0.650. The van der Waals surface area contributed by atoms with Crippen LogP contribution in [0.2, 0.25) is 0 Å². The third-order valence-electron chi connectivity index (χ3n) is 5.69. The van der Waals surface area contributed by atoms with Gasteiger partial charge in [-0.25, -0.2) is 0 Å². The normalized spacial score (nSPS) is 22.9. The van der Waals surface area contributed by atoms with Crippen molar-refractivity contribution in [3.05, 3.63) is 47.5 Å². The van der Waals surface area contributed by atoms with Crippen LogP contribution in [0.25, 0.3) is 0 Å². The highest BCUT2D eigenvalue weighted by molar-refractivity contribution is 5.87. The quantitative estimate of drug-likeness (QED) is 0.574. The molecule has 0 radical (unpaired) electrons. The fraction of sp³-hybridized carbons (Fsp3) is 0.409. The van der Waals surface area contributed by atoms with E-state index in [1.807, 2.05) is 36.4 Å². The van der Waals surface area contributed by atoms with Crippen LogP contribution in [-0.2, 0) is 0 Å². The molecule has 0 bridgehead atoms. The lowest BCUT2D eigenvalue weighted by Gasteiger charge is -2.34. The van der Waals surface area contributed by atoms with Gasteiger partial charge in [0.2, 0.25) is 0 Å². The second-order valence-corrected chi connectivity index (χ2v) is 7.14. The summed E-state index contributed by atoms with van der Waals surface area (Å²) in [5.74, 6) is 2.80. The summed E-state index contributed by atoms with van der Waals surface area (Å²) in [6.45, 7) is 2.08. The van der Waals surface area contributed by atoms with E-state index in [0.717, 1.165) is 16.8 Å². The number of hydrogen-bond acceptors (Lipinski definition) is 6. The molecule has 2 aromatic carbocycles. The van der Waals surface area contributed by atoms with Gasteiger partial charge in [0, 0.05) is 17.5 Å². The van der Waals surface area contributed by atoms with E-state index >= 15 is 0 Å². The summed E-state index contributed by atoms with van der Waals surface area (Å²) in [7, 11) is 6.50. The molecule has 0 aromatic heterocycles. The van der Waals surface area contributed by atoms with Crippen LogP contribution >= 0.6 is 0 Å². The van der Waals surface area contributed by atoms with E-state index in [4.69, 9.17) is 18.9 Å². The number of quaternary nitrogens is 1. The monoisotopic (exact) mass is 401 g/mol. The summed E-state index contributed by atoms with van der Waals surface area (Å²) >= 11 is 0. The van der Waals surface area contributed by atoms with E-state index in [9.17, 15) is 5.21 Å². The Morgan fingerprint density at radius 2 is 1.34 bits per heavy atom. The Morgan fingerprint density at radius 1 is 0.828 bits per heavy atom. The van der Waals surface area contributed by atoms with Crippen molar-refractivity contribution in [3.8, 4) is 23.0 Å². The summed E-state index contributed by atoms with van der Waals surface area (Å²) < 4.78 is 21.6. The van der Waals surface area contributed by atoms with E-state index < -0.39 is 0 Å². The first kappa shape index (κ1) is 20.8. The Balaban J connectivity index is 1.97. The van der Waals surface area contributed by atoms with Gasteiger partial charge in [-0.1, -0.05) is 12.1 Å². The Morgan fingerprint density at radius 3 is 1.86 bits per heavy atom. The molecule has 0 spiro atoms. The van der Waals surface area contributed by atoms with Gasteiger partial charge in [0.05, 0.1) is 40.1 Å². The number of nitrogens with two attached hydrogens (primary N) is 1. The van der Waals surface area contributed by atoms with E-state index in [2.05, 4.69) is 17.4 Å². The second kappa shape index (κ2) is 9.05. The van der Waals surface area contributed by atoms with Gasteiger partial charge < -0.3 is 29.5 Å².